The zero-order valence-electron chi connectivity index (χ0n) is 26.9. The Morgan fingerprint density at radius 1 is 1.27 bits per heavy atom. The number of pyridine rings is 1. The van der Waals surface area contributed by atoms with Crippen molar-refractivity contribution < 1.29 is 24.0 Å². The normalized spacial score (nSPS) is 15.0. The summed E-state index contributed by atoms with van der Waals surface area (Å²) >= 11 is 0. The van der Waals surface area contributed by atoms with Gasteiger partial charge in [0.05, 0.1) is 36.6 Å². The average molecular weight is 620 g/mol. The van der Waals surface area contributed by atoms with Crippen molar-refractivity contribution >= 4 is 23.6 Å². The quantitative estimate of drug-likeness (QED) is 0.225. The number of hydrogen-bond donors (Lipinski definition) is 3. The first-order valence-corrected chi connectivity index (χ1v) is 15.3. The molecule has 242 valence electrons. The van der Waals surface area contributed by atoms with Gasteiger partial charge in [-0.3, -0.25) is 14.8 Å². The minimum Gasteiger partial charge on any atom is -0.387 e. The lowest BCUT2D eigenvalue weighted by atomic mass is 9.84. The van der Waals surface area contributed by atoms with Gasteiger partial charge in [-0.15, -0.1) is 0 Å². The van der Waals surface area contributed by atoms with Crippen LogP contribution in [0.4, 0.5) is 0 Å². The first-order valence-electron chi connectivity index (χ1n) is 15.3. The second-order valence-corrected chi connectivity index (χ2v) is 12.1. The summed E-state index contributed by atoms with van der Waals surface area (Å²) in [6, 6.07) is 9.32. The maximum absolute atomic E-state index is 12.8. The number of hydrogen-bond acceptors (Lipinski definition) is 10. The van der Waals surface area contributed by atoms with Crippen LogP contribution in [-0.2, 0) is 33.7 Å². The van der Waals surface area contributed by atoms with Gasteiger partial charge in [-0.25, -0.2) is 5.43 Å². The molecule has 12 heteroatoms. The molecule has 0 spiro atoms. The number of benzene rings is 1. The third-order valence-corrected chi connectivity index (χ3v) is 7.98. The topological polar surface area (TPSA) is 162 Å². The number of fused-ring (bicyclic) bond motifs is 1. The van der Waals surface area contributed by atoms with E-state index in [-0.39, 0.29) is 17.7 Å². The molecule has 0 saturated carbocycles. The summed E-state index contributed by atoms with van der Waals surface area (Å²) in [5.74, 6) is 0.578. The molecule has 1 amide bonds. The van der Waals surface area contributed by atoms with Gasteiger partial charge in [0.15, 0.2) is 0 Å². The molecule has 4 N–H and O–H groups in total. The van der Waals surface area contributed by atoms with Crippen LogP contribution in [0.15, 0.2) is 41.1 Å². The molecule has 1 aliphatic heterocycles. The molecule has 0 aliphatic carbocycles. The largest absolute Gasteiger partial charge is 0.387 e. The van der Waals surface area contributed by atoms with Crippen molar-refractivity contribution in [1.82, 2.24) is 30.1 Å². The fraction of sp³-hybridized carbons (Fsp3) is 0.485. The minimum atomic E-state index is -0.778. The summed E-state index contributed by atoms with van der Waals surface area (Å²) in [5.41, 5.74) is 14.8. The summed E-state index contributed by atoms with van der Waals surface area (Å²) < 4.78 is 13.4. The van der Waals surface area contributed by atoms with Crippen molar-refractivity contribution in [2.75, 3.05) is 26.8 Å². The Bertz CT molecular complexity index is 1590. The van der Waals surface area contributed by atoms with Crippen LogP contribution in [0.3, 0.4) is 0 Å². The Kier molecular flexibility index (Phi) is 11.2. The van der Waals surface area contributed by atoms with Gasteiger partial charge in [-0.05, 0) is 74.4 Å². The molecular weight excluding hydrogens is 574 g/mol. The number of hydrazine groups is 1. The van der Waals surface area contributed by atoms with Crippen LogP contribution in [0, 0.1) is 5.41 Å². The monoisotopic (exact) mass is 619 g/mol. The first kappa shape index (κ1) is 33.9. The van der Waals surface area contributed by atoms with E-state index >= 15 is 0 Å². The molecule has 0 radical (unpaired) electrons. The van der Waals surface area contributed by atoms with Crippen LogP contribution in [0.5, 0.6) is 0 Å². The van der Waals surface area contributed by atoms with Gasteiger partial charge in [0.1, 0.15) is 6.79 Å². The van der Waals surface area contributed by atoms with E-state index in [2.05, 4.69) is 58.0 Å². The number of nitrogens with two attached hydrogens (primary N) is 1. The smallest absolute Gasteiger partial charge is 0.254 e. The highest BCUT2D eigenvalue weighted by Crippen LogP contribution is 2.41. The Labute approximate surface area is 263 Å². The van der Waals surface area contributed by atoms with Crippen LogP contribution in [0.1, 0.15) is 63.8 Å². The lowest BCUT2D eigenvalue weighted by Crippen LogP contribution is -2.53. The second kappa shape index (κ2) is 14.9. The summed E-state index contributed by atoms with van der Waals surface area (Å²) in [6.45, 7) is 13.0. The van der Waals surface area contributed by atoms with Crippen molar-refractivity contribution in [2.45, 2.75) is 72.1 Å². The summed E-state index contributed by atoms with van der Waals surface area (Å²) in [6.07, 6.45) is 3.86. The van der Waals surface area contributed by atoms with Gasteiger partial charge < -0.3 is 29.5 Å². The Morgan fingerprint density at radius 2 is 2.04 bits per heavy atom. The third-order valence-electron chi connectivity index (χ3n) is 7.98. The number of aliphatic hydroxyl groups is 1. The Balaban J connectivity index is 0.00000226. The number of aromatic nitrogens is 4. The molecule has 4 aromatic rings. The average Bonchev–Trinajstić information content (AvgIpc) is 3.63. The molecular formula is C33H45N7O5. The van der Waals surface area contributed by atoms with E-state index in [1.54, 1.807) is 25.2 Å². The number of nitrogens with one attached hydrogen (secondary N) is 1. The number of aryl methyl sites for hydroxylation is 1. The Hall–Kier alpha value is -3.97. The fourth-order valence-corrected chi connectivity index (χ4v) is 6.06. The zero-order chi connectivity index (χ0) is 32.7. The fourth-order valence-electron chi connectivity index (χ4n) is 6.06. The van der Waals surface area contributed by atoms with Crippen molar-refractivity contribution in [3.63, 3.8) is 0 Å². The molecule has 1 fully saturated rings. The first-order chi connectivity index (χ1) is 21.6. The molecule has 5 rings (SSSR count). The van der Waals surface area contributed by atoms with Gasteiger partial charge in [-0.2, -0.15) is 4.98 Å². The number of aliphatic hydroxyl groups excluding tert-OH is 1. The van der Waals surface area contributed by atoms with Crippen LogP contribution >= 0.6 is 0 Å². The van der Waals surface area contributed by atoms with E-state index in [1.807, 2.05) is 25.0 Å². The van der Waals surface area contributed by atoms with Crippen LogP contribution in [-0.4, -0.2) is 75.4 Å². The van der Waals surface area contributed by atoms with Crippen LogP contribution in [0.2, 0.25) is 0 Å². The molecule has 4 heterocycles. The van der Waals surface area contributed by atoms with Crippen LogP contribution < -0.4 is 11.2 Å². The molecule has 0 bridgehead atoms. The number of ether oxygens (including phenoxy) is 1. The second-order valence-electron chi connectivity index (χ2n) is 12.1. The highest BCUT2D eigenvalue weighted by atomic mass is 16.5. The van der Waals surface area contributed by atoms with E-state index in [0.717, 1.165) is 65.6 Å². The molecule has 1 saturated heterocycles. The number of carbonyl (C=O) groups is 2. The van der Waals surface area contributed by atoms with Crippen molar-refractivity contribution in [3.05, 3.63) is 53.7 Å². The Morgan fingerprint density at radius 3 is 2.71 bits per heavy atom. The lowest BCUT2D eigenvalue weighted by Gasteiger charge is -2.29. The van der Waals surface area contributed by atoms with Gasteiger partial charge in [0.2, 0.25) is 11.7 Å². The van der Waals surface area contributed by atoms with Crippen molar-refractivity contribution in [2.24, 2.45) is 11.1 Å². The number of methoxy groups -OCH3 is 1. The molecule has 12 nitrogen and oxygen atoms in total. The van der Waals surface area contributed by atoms with Gasteiger partial charge >= 0.3 is 0 Å². The van der Waals surface area contributed by atoms with Gasteiger partial charge in [0.25, 0.3) is 5.91 Å². The standard InChI is InChI=1S/C32H43N7O4.CH2O/c1-6-38-26-12-11-21(30-36-27(43-37-30)17-25(33)31(41)39-15-8-7-14-35-39)16-23(26)24(18-32(3,4)19-42-5)29(38)22-10-9-13-34-28(22)20(2)40;1-2/h9-13,16,20,25,35,40H,6-8,14-15,17-19,33H2,1-5H3;1H2. The molecule has 45 heavy (non-hydrogen) atoms. The SMILES string of the molecule is C=O.CCn1c(-c2cccnc2C(C)O)c(CC(C)(C)COC)c2cc(-c3noc(CC(N)C(=O)N4CCCCN4)n3)ccc21. The number of carbonyl (C=O) groups excluding carboxylic acids is 2. The minimum absolute atomic E-state index is 0.155. The molecule has 3 aromatic heterocycles. The predicted molar refractivity (Wildman–Crippen MR) is 172 cm³/mol. The maximum Gasteiger partial charge on any atom is 0.254 e. The van der Waals surface area contributed by atoms with Gasteiger partial charge in [-0.1, -0.05) is 19.0 Å². The molecule has 2 unspecified atom stereocenters. The highest BCUT2D eigenvalue weighted by molar-refractivity contribution is 5.94. The van der Waals surface area contributed by atoms with Crippen LogP contribution in [0.25, 0.3) is 33.5 Å². The van der Waals surface area contributed by atoms with E-state index in [0.29, 0.717) is 30.6 Å². The van der Waals surface area contributed by atoms with Gasteiger partial charge in [0, 0.05) is 55.0 Å². The predicted octanol–water partition coefficient (Wildman–Crippen LogP) is 3.85. The van der Waals surface area contributed by atoms with E-state index in [9.17, 15) is 9.90 Å². The summed E-state index contributed by atoms with van der Waals surface area (Å²) in [7, 11) is 1.72. The lowest BCUT2D eigenvalue weighted by molar-refractivity contribution is -0.137. The summed E-state index contributed by atoms with van der Waals surface area (Å²) in [5, 5.41) is 17.5. The third kappa shape index (κ3) is 7.47. The number of nitrogens with zero attached hydrogens (tertiary/aromatic N) is 5. The number of amides is 1. The van der Waals surface area contributed by atoms with E-state index in [1.165, 1.54) is 0 Å². The van der Waals surface area contributed by atoms with Crippen molar-refractivity contribution in [1.29, 1.82) is 0 Å². The summed E-state index contributed by atoms with van der Waals surface area (Å²) in [4.78, 5) is 29.9. The van der Waals surface area contributed by atoms with Crippen molar-refractivity contribution in [3.8, 4) is 22.6 Å². The zero-order valence-corrected chi connectivity index (χ0v) is 26.9. The maximum atomic E-state index is 12.8. The van der Waals surface area contributed by atoms with E-state index in [4.69, 9.17) is 19.8 Å². The molecule has 1 aliphatic rings. The molecule has 2 atom stereocenters. The number of rotatable bonds is 11. The highest BCUT2D eigenvalue weighted by Gasteiger charge is 2.29. The van der Waals surface area contributed by atoms with E-state index < -0.39 is 12.1 Å². The molecule has 1 aromatic carbocycles.